The van der Waals surface area contributed by atoms with Crippen LogP contribution in [-0.4, -0.2) is 53.0 Å². The van der Waals surface area contributed by atoms with Crippen LogP contribution < -0.4 is 5.30 Å². The molecule has 3 heterocycles. The van der Waals surface area contributed by atoms with E-state index in [-0.39, 0.29) is 11.9 Å². The molecule has 4 rings (SSSR count). The fourth-order valence-electron chi connectivity index (χ4n) is 4.07. The van der Waals surface area contributed by atoms with Gasteiger partial charge in [0.25, 0.3) is 7.37 Å². The van der Waals surface area contributed by atoms with Crippen molar-refractivity contribution in [1.82, 2.24) is 0 Å². The van der Waals surface area contributed by atoms with Gasteiger partial charge in [-0.15, -0.1) is 0 Å². The average molecular weight is 416 g/mol. The van der Waals surface area contributed by atoms with Gasteiger partial charge < -0.3 is 28.6 Å². The van der Waals surface area contributed by atoms with E-state index in [1.165, 1.54) is 31.2 Å². The second-order valence-corrected chi connectivity index (χ2v) is 11.3. The summed E-state index contributed by atoms with van der Waals surface area (Å²) in [5.74, 6) is -2.30. The van der Waals surface area contributed by atoms with Crippen LogP contribution in [0.5, 0.6) is 0 Å². The highest BCUT2D eigenvalue weighted by molar-refractivity contribution is 7.68. The first-order valence-electron chi connectivity index (χ1n) is 9.29. The Morgan fingerprint density at radius 1 is 1.00 bits per heavy atom. The molecule has 0 aromatic heterocycles. The van der Waals surface area contributed by atoms with E-state index in [2.05, 4.69) is 0 Å². The van der Waals surface area contributed by atoms with Crippen molar-refractivity contribution >= 4 is 12.7 Å². The average Bonchev–Trinajstić information content (AvgIpc) is 3.11. The fraction of sp³-hybridized carbons (Fsp3) is 0.684. The van der Waals surface area contributed by atoms with E-state index in [0.717, 1.165) is 0 Å². The first kappa shape index (κ1) is 20.4. The maximum atomic E-state index is 14.1. The number of hydrogen-bond acceptors (Lipinski definition) is 7. The largest absolute Gasteiger partial charge is 0.377 e. The lowest BCUT2D eigenvalue weighted by Gasteiger charge is -2.47. The van der Waals surface area contributed by atoms with Crippen LogP contribution in [0.4, 0.5) is 4.39 Å². The minimum absolute atomic E-state index is 0.203. The third-order valence-electron chi connectivity index (χ3n) is 5.42. The highest BCUT2D eigenvalue weighted by Crippen LogP contribution is 2.65. The highest BCUT2D eigenvalue weighted by Gasteiger charge is 2.67. The molecule has 1 aromatic rings. The lowest BCUT2D eigenvalue weighted by Crippen LogP contribution is -2.60. The molecule has 156 valence electrons. The van der Waals surface area contributed by atoms with Gasteiger partial charge in [0.1, 0.15) is 30.2 Å². The Balaban J connectivity index is 1.78. The molecule has 1 aromatic carbocycles. The number of hydrogen-bond donors (Lipinski definition) is 1. The van der Waals surface area contributed by atoms with Crippen molar-refractivity contribution < 1.29 is 37.5 Å². The number of rotatable bonds is 2. The second-order valence-electron chi connectivity index (χ2n) is 8.58. The molecular formula is C19H26FO7P. The van der Waals surface area contributed by atoms with Gasteiger partial charge >= 0.3 is 0 Å². The highest BCUT2D eigenvalue weighted by atomic mass is 31.2. The first-order chi connectivity index (χ1) is 12.8. The molecule has 0 aliphatic carbocycles. The smallest absolute Gasteiger partial charge is 0.265 e. The molecule has 3 saturated heterocycles. The monoisotopic (exact) mass is 416 g/mol. The van der Waals surface area contributed by atoms with Crippen LogP contribution >= 0.6 is 7.37 Å². The predicted molar refractivity (Wildman–Crippen MR) is 97.9 cm³/mol. The Morgan fingerprint density at radius 2 is 1.64 bits per heavy atom. The molecular weight excluding hydrogens is 390 g/mol. The van der Waals surface area contributed by atoms with Gasteiger partial charge in [-0.1, -0.05) is 0 Å². The Morgan fingerprint density at radius 3 is 2.21 bits per heavy atom. The molecule has 28 heavy (non-hydrogen) atoms. The first-order valence-corrected chi connectivity index (χ1v) is 10.9. The van der Waals surface area contributed by atoms with Gasteiger partial charge in [0.05, 0.1) is 6.61 Å². The molecule has 9 heteroatoms. The summed E-state index contributed by atoms with van der Waals surface area (Å²) >= 11 is 0. The number of aliphatic hydroxyl groups is 1. The van der Waals surface area contributed by atoms with Crippen LogP contribution in [0.1, 0.15) is 34.6 Å². The molecule has 0 bridgehead atoms. The van der Waals surface area contributed by atoms with Gasteiger partial charge in [0, 0.05) is 5.30 Å². The maximum absolute atomic E-state index is 14.1. The number of benzene rings is 1. The summed E-state index contributed by atoms with van der Waals surface area (Å²) in [5, 5.41) is 9.65. The lowest BCUT2D eigenvalue weighted by molar-refractivity contribution is -0.174. The number of fused-ring (bicyclic) bond motifs is 1. The molecule has 0 spiro atoms. The fourth-order valence-corrected chi connectivity index (χ4v) is 6.61. The summed E-state index contributed by atoms with van der Waals surface area (Å²) in [7, 11) is -3.92. The Kier molecular flexibility index (Phi) is 4.61. The van der Waals surface area contributed by atoms with E-state index in [9.17, 15) is 14.1 Å². The van der Waals surface area contributed by atoms with Crippen molar-refractivity contribution in [2.24, 2.45) is 0 Å². The summed E-state index contributed by atoms with van der Waals surface area (Å²) < 4.78 is 57.1. The zero-order valence-electron chi connectivity index (χ0n) is 16.5. The van der Waals surface area contributed by atoms with E-state index in [4.69, 9.17) is 23.5 Å². The summed E-state index contributed by atoms with van der Waals surface area (Å²) in [6.45, 7) is 8.62. The molecule has 6 atom stereocenters. The van der Waals surface area contributed by atoms with Gasteiger partial charge in [-0.05, 0) is 58.9 Å². The molecule has 0 saturated carbocycles. The molecule has 1 unspecified atom stereocenters. The van der Waals surface area contributed by atoms with Crippen molar-refractivity contribution in [3.05, 3.63) is 30.1 Å². The van der Waals surface area contributed by atoms with Crippen LogP contribution in [0.2, 0.25) is 0 Å². The van der Waals surface area contributed by atoms with Gasteiger partial charge in [0.2, 0.25) is 0 Å². The van der Waals surface area contributed by atoms with Gasteiger partial charge in [0.15, 0.2) is 16.9 Å². The summed E-state index contributed by atoms with van der Waals surface area (Å²) in [5.41, 5.74) is 0. The third-order valence-corrected chi connectivity index (χ3v) is 8.39. The van der Waals surface area contributed by atoms with Crippen LogP contribution in [0.25, 0.3) is 0 Å². The number of halogens is 1. The van der Waals surface area contributed by atoms with Crippen LogP contribution in [0.15, 0.2) is 24.3 Å². The van der Waals surface area contributed by atoms with Crippen LogP contribution in [0, 0.1) is 5.82 Å². The minimum atomic E-state index is -3.92. The van der Waals surface area contributed by atoms with E-state index in [1.54, 1.807) is 27.7 Å². The van der Waals surface area contributed by atoms with Crippen molar-refractivity contribution in [3.63, 3.8) is 0 Å². The number of ether oxygens (including phenoxy) is 4. The lowest BCUT2D eigenvalue weighted by atomic mass is 9.99. The van der Waals surface area contributed by atoms with Crippen molar-refractivity contribution in [2.45, 2.75) is 76.0 Å². The normalized spacial score (nSPS) is 44.4. The second kappa shape index (κ2) is 6.32. The molecule has 3 aliphatic heterocycles. The van der Waals surface area contributed by atoms with Crippen molar-refractivity contribution in [2.75, 3.05) is 6.61 Å². The summed E-state index contributed by atoms with van der Waals surface area (Å²) in [4.78, 5) is 0. The molecule has 0 amide bonds. The Hall–Kier alpha value is -0.860. The maximum Gasteiger partial charge on any atom is 0.265 e. The van der Waals surface area contributed by atoms with Gasteiger partial charge in [-0.3, -0.25) is 4.57 Å². The Bertz CT molecular complexity index is 807. The van der Waals surface area contributed by atoms with Crippen molar-refractivity contribution in [1.29, 1.82) is 0 Å². The van der Waals surface area contributed by atoms with E-state index < -0.39 is 54.5 Å². The topological polar surface area (TPSA) is 83.5 Å². The molecule has 3 fully saturated rings. The SMILES string of the molecule is CC1(C)OC[C@H]([C@H]2OP(=O)(c3ccc(F)cc3)[C@@](C)(O)[C@H]3OC(C)(C)O[C@@H]23)O1. The van der Waals surface area contributed by atoms with E-state index in [1.807, 2.05) is 0 Å². The molecule has 3 aliphatic rings. The molecule has 7 nitrogen and oxygen atoms in total. The minimum Gasteiger partial charge on any atom is -0.377 e. The Labute approximate surface area is 163 Å². The zero-order chi connectivity index (χ0) is 20.5. The molecule has 0 radical (unpaired) electrons. The van der Waals surface area contributed by atoms with Crippen LogP contribution in [0.3, 0.4) is 0 Å². The van der Waals surface area contributed by atoms with E-state index in [0.29, 0.717) is 0 Å². The summed E-state index contributed by atoms with van der Waals surface area (Å²) in [6, 6.07) is 5.09. The summed E-state index contributed by atoms with van der Waals surface area (Å²) in [6.07, 6.45) is -3.01. The zero-order valence-corrected chi connectivity index (χ0v) is 17.4. The third kappa shape index (κ3) is 3.16. The van der Waals surface area contributed by atoms with Crippen LogP contribution in [-0.2, 0) is 28.0 Å². The quantitative estimate of drug-likeness (QED) is 0.742. The van der Waals surface area contributed by atoms with Crippen molar-refractivity contribution in [3.8, 4) is 0 Å². The molecule has 1 N–H and O–H groups in total. The van der Waals surface area contributed by atoms with Gasteiger partial charge in [-0.25, -0.2) is 4.39 Å². The van der Waals surface area contributed by atoms with E-state index >= 15 is 0 Å². The van der Waals surface area contributed by atoms with Gasteiger partial charge in [-0.2, -0.15) is 0 Å². The standard InChI is InChI=1S/C19H26FO7P/c1-17(2)23-10-13(24-17)14-15-16(26-18(3,4)25-15)19(5,21)28(22,27-14)12-8-6-11(20)7-9-12/h6-9,13-16,21H,10H2,1-5H3/t13-,14-,15+,16+,19-,28?/m1/s1. The predicted octanol–water partition coefficient (Wildman–Crippen LogP) is 2.51.